The van der Waals surface area contributed by atoms with Crippen molar-refractivity contribution in [2.75, 3.05) is 25.4 Å². The second kappa shape index (κ2) is 32.0. The van der Waals surface area contributed by atoms with E-state index in [-0.39, 0.29) is 31.6 Å². The Morgan fingerprint density at radius 3 is 1.39 bits per heavy atom. The molecule has 334 valence electrons. The number of carbonyl (C=O) groups is 5. The maximum absolute atomic E-state index is 13.5. The number of nitrogens with two attached hydrogens (primary N) is 2. The summed E-state index contributed by atoms with van der Waals surface area (Å²) in [5.41, 5.74) is 11.1. The number of aliphatic hydroxyl groups excluding tert-OH is 3. The van der Waals surface area contributed by atoms with Gasteiger partial charge in [-0.2, -0.15) is 0 Å². The van der Waals surface area contributed by atoms with Gasteiger partial charge in [-0.15, -0.1) is 0 Å². The third-order valence-corrected chi connectivity index (χ3v) is 11.1. The monoisotopic (exact) mass is 838 g/mol. The summed E-state index contributed by atoms with van der Waals surface area (Å²) < 4.78 is 28.6. The second-order valence-electron chi connectivity index (χ2n) is 14.9. The molecule has 13 N–H and O–H groups in total. The minimum atomic E-state index is -3.91. The quantitative estimate of drug-likeness (QED) is 0.0382. The van der Waals surface area contributed by atoms with Crippen LogP contribution in [0.4, 0.5) is 0 Å². The van der Waals surface area contributed by atoms with E-state index in [2.05, 4.69) is 32.9 Å². The summed E-state index contributed by atoms with van der Waals surface area (Å²) in [5, 5.41) is 48.4. The molecule has 0 fully saturated rings. The van der Waals surface area contributed by atoms with E-state index in [1.54, 1.807) is 0 Å². The molecule has 0 aromatic heterocycles. The van der Waals surface area contributed by atoms with Crippen LogP contribution in [0.25, 0.3) is 0 Å². The topological polar surface area (TPSA) is 313 Å². The molecule has 0 saturated carbocycles. The molecular weight excluding hydrogens is 763 g/mol. The predicted octanol–water partition coefficient (Wildman–Crippen LogP) is 0.401. The number of carboxylic acids is 1. The molecule has 0 rings (SSSR count). The maximum Gasteiger partial charge on any atom is 0.328 e. The van der Waals surface area contributed by atoms with Crippen molar-refractivity contribution in [3.05, 3.63) is 0 Å². The van der Waals surface area contributed by atoms with Crippen LogP contribution in [0, 0.1) is 0 Å². The first-order valence-corrected chi connectivity index (χ1v) is 22.5. The lowest BCUT2D eigenvalue weighted by Gasteiger charge is -2.28. The number of amides is 4. The SMILES string of the molecule is CCCCCCCCCCCCCCCCS(=O)(=O)N[C@@H](CCCCN)C(=O)N[C@H](C(=O)N[C@H](C(=O)N[C@@H](CCCN)C(=O)N[C@@H](CO)C(=O)O)[C@@H](C)O)[C@@H](C)O. The Balaban J connectivity index is 5.41. The average molecular weight is 838 g/mol. The third-order valence-electron chi connectivity index (χ3n) is 9.60. The molecule has 0 aromatic carbocycles. The fourth-order valence-electron chi connectivity index (χ4n) is 6.12. The molecule has 0 aliphatic heterocycles. The van der Waals surface area contributed by atoms with Gasteiger partial charge in [-0.25, -0.2) is 17.9 Å². The standard InChI is InChI=1S/C38H75N7O11S/c1-4-5-6-7-8-9-10-11-12-13-14-15-16-19-25-57(55,56)45-30(21-17-18-23-39)35(50)43-33(28(3)48)37(52)44-32(27(2)47)36(51)41-29(22-20-24-40)34(49)42-31(26-46)38(53)54/h27-33,45-48H,4-26,39-40H2,1-3H3,(H,41,51)(H,42,49)(H,43,50)(H,44,52)(H,53,54)/t27-,28-,29+,30+,31+,32+,33+/m1/s1. The first-order chi connectivity index (χ1) is 27.0. The minimum Gasteiger partial charge on any atom is -0.480 e. The number of nitrogens with one attached hydrogen (secondary N) is 5. The summed E-state index contributed by atoms with van der Waals surface area (Å²) in [6.45, 7) is 4.06. The molecule has 0 spiro atoms. The van der Waals surface area contributed by atoms with E-state index in [0.717, 1.165) is 19.3 Å². The van der Waals surface area contributed by atoms with E-state index in [0.29, 0.717) is 32.2 Å². The number of carbonyl (C=O) groups excluding carboxylic acids is 4. The summed E-state index contributed by atoms with van der Waals surface area (Å²) in [7, 11) is -3.91. The van der Waals surface area contributed by atoms with Gasteiger partial charge in [-0.1, -0.05) is 96.8 Å². The van der Waals surface area contributed by atoms with Crippen molar-refractivity contribution in [2.45, 2.75) is 185 Å². The molecule has 0 saturated heterocycles. The average Bonchev–Trinajstić information content (AvgIpc) is 3.15. The first kappa shape index (κ1) is 54.1. The molecule has 7 atom stereocenters. The summed E-state index contributed by atoms with van der Waals surface area (Å²) >= 11 is 0. The number of unbranched alkanes of at least 4 members (excludes halogenated alkanes) is 14. The van der Waals surface area contributed by atoms with Crippen molar-refractivity contribution >= 4 is 39.6 Å². The van der Waals surface area contributed by atoms with Crippen LogP contribution in [0.15, 0.2) is 0 Å². The van der Waals surface area contributed by atoms with Gasteiger partial charge in [0.25, 0.3) is 0 Å². The van der Waals surface area contributed by atoms with Crippen LogP contribution in [0.5, 0.6) is 0 Å². The van der Waals surface area contributed by atoms with Gasteiger partial charge >= 0.3 is 5.97 Å². The number of rotatable bonds is 36. The molecular formula is C38H75N7O11S. The van der Waals surface area contributed by atoms with Gasteiger partial charge in [0.15, 0.2) is 0 Å². The van der Waals surface area contributed by atoms with Gasteiger partial charge in [0.1, 0.15) is 30.2 Å². The lowest BCUT2D eigenvalue weighted by atomic mass is 10.0. The number of aliphatic hydroxyl groups is 3. The highest BCUT2D eigenvalue weighted by atomic mass is 32.2. The fourth-order valence-corrected chi connectivity index (χ4v) is 7.48. The molecule has 0 aromatic rings. The highest BCUT2D eigenvalue weighted by molar-refractivity contribution is 7.89. The van der Waals surface area contributed by atoms with E-state index < -0.39 is 88.6 Å². The van der Waals surface area contributed by atoms with E-state index in [4.69, 9.17) is 11.5 Å². The third kappa shape index (κ3) is 25.2. The Kier molecular flexibility index (Phi) is 30.3. The maximum atomic E-state index is 13.5. The van der Waals surface area contributed by atoms with E-state index in [1.807, 2.05) is 0 Å². The van der Waals surface area contributed by atoms with Crippen molar-refractivity contribution in [1.82, 2.24) is 26.0 Å². The highest BCUT2D eigenvalue weighted by Gasteiger charge is 2.36. The van der Waals surface area contributed by atoms with Crippen LogP contribution < -0.4 is 37.5 Å². The largest absolute Gasteiger partial charge is 0.480 e. The highest BCUT2D eigenvalue weighted by Crippen LogP contribution is 2.14. The van der Waals surface area contributed by atoms with Crippen molar-refractivity contribution in [3.63, 3.8) is 0 Å². The molecule has 0 heterocycles. The van der Waals surface area contributed by atoms with Gasteiger partial charge in [-0.05, 0) is 59.0 Å². The van der Waals surface area contributed by atoms with E-state index in [9.17, 15) is 52.8 Å². The Morgan fingerprint density at radius 2 is 0.947 bits per heavy atom. The number of aliphatic carboxylic acids is 1. The van der Waals surface area contributed by atoms with Crippen molar-refractivity contribution in [2.24, 2.45) is 11.5 Å². The summed E-state index contributed by atoms with van der Waals surface area (Å²) in [5.74, 6) is -5.73. The normalized spacial score (nSPS) is 15.4. The van der Waals surface area contributed by atoms with Crippen LogP contribution in [0.1, 0.15) is 143 Å². The lowest BCUT2D eigenvalue weighted by molar-refractivity contribution is -0.143. The van der Waals surface area contributed by atoms with Crippen LogP contribution in [-0.4, -0.2) is 126 Å². The zero-order valence-corrected chi connectivity index (χ0v) is 35.3. The van der Waals surface area contributed by atoms with Crippen LogP contribution >= 0.6 is 0 Å². The Morgan fingerprint density at radius 1 is 0.544 bits per heavy atom. The Hall–Kier alpha value is -2.94. The minimum absolute atomic E-state index is 0.0547. The van der Waals surface area contributed by atoms with E-state index >= 15 is 0 Å². The molecule has 19 heteroatoms. The van der Waals surface area contributed by atoms with Gasteiger partial charge in [0, 0.05) is 0 Å². The Bertz CT molecular complexity index is 1260. The zero-order chi connectivity index (χ0) is 43.2. The van der Waals surface area contributed by atoms with Gasteiger partial charge in [0.05, 0.1) is 24.6 Å². The van der Waals surface area contributed by atoms with Gasteiger partial charge < -0.3 is 53.2 Å². The lowest BCUT2D eigenvalue weighted by Crippen LogP contribution is -2.62. The number of sulfonamides is 1. The molecule has 57 heavy (non-hydrogen) atoms. The smallest absolute Gasteiger partial charge is 0.328 e. The number of carboxylic acid groups (broad SMARTS) is 1. The molecule has 4 amide bonds. The molecule has 0 aliphatic rings. The molecule has 0 aliphatic carbocycles. The molecule has 0 radical (unpaired) electrons. The van der Waals surface area contributed by atoms with E-state index in [1.165, 1.54) is 71.6 Å². The predicted molar refractivity (Wildman–Crippen MR) is 218 cm³/mol. The molecule has 18 nitrogen and oxygen atoms in total. The van der Waals surface area contributed by atoms with Crippen molar-refractivity contribution < 1.29 is 52.8 Å². The van der Waals surface area contributed by atoms with Crippen molar-refractivity contribution in [1.29, 1.82) is 0 Å². The fraction of sp³-hybridized carbons (Fsp3) is 0.868. The molecule has 0 bridgehead atoms. The van der Waals surface area contributed by atoms with Crippen LogP contribution in [0.2, 0.25) is 0 Å². The summed E-state index contributed by atoms with van der Waals surface area (Å²) in [6.07, 6.45) is 13.6. The number of hydrogen-bond acceptors (Lipinski definition) is 12. The second-order valence-corrected chi connectivity index (χ2v) is 16.8. The van der Waals surface area contributed by atoms with Crippen LogP contribution in [-0.2, 0) is 34.0 Å². The Labute approximate surface area is 339 Å². The number of hydrogen-bond donors (Lipinski definition) is 11. The summed E-state index contributed by atoms with van der Waals surface area (Å²) in [6, 6.07) is -7.75. The van der Waals surface area contributed by atoms with Crippen molar-refractivity contribution in [3.8, 4) is 0 Å². The van der Waals surface area contributed by atoms with Crippen LogP contribution in [0.3, 0.4) is 0 Å². The first-order valence-electron chi connectivity index (χ1n) is 20.9. The van der Waals surface area contributed by atoms with Gasteiger partial charge in [-0.3, -0.25) is 19.2 Å². The molecule has 0 unspecified atom stereocenters. The summed E-state index contributed by atoms with van der Waals surface area (Å²) in [4.78, 5) is 64.2. The van der Waals surface area contributed by atoms with Gasteiger partial charge in [0.2, 0.25) is 33.7 Å². The zero-order valence-electron chi connectivity index (χ0n) is 34.5.